The summed E-state index contributed by atoms with van der Waals surface area (Å²) in [4.78, 5) is 10.9. The third kappa shape index (κ3) is 3.75. The molecule has 0 saturated carbocycles. The molecule has 11 heavy (non-hydrogen) atoms. The summed E-state index contributed by atoms with van der Waals surface area (Å²) in [6.45, 7) is 7.89. The lowest BCUT2D eigenvalue weighted by Gasteiger charge is -2.28. The fraction of sp³-hybridized carbons (Fsp3) is 0.875. The number of alkyl halides is 1. The molecule has 0 radical (unpaired) electrons. The van der Waals surface area contributed by atoms with E-state index in [9.17, 15) is 4.79 Å². The molecule has 0 aliphatic rings. The number of halogens is 1. The highest BCUT2D eigenvalue weighted by Crippen LogP contribution is 2.20. The number of carbonyl (C=O) groups excluding carboxylic acids is 1. The first-order valence-corrected chi connectivity index (χ1v) is 4.80. The lowest BCUT2D eigenvalue weighted by atomic mass is 9.95. The van der Waals surface area contributed by atoms with E-state index in [1.165, 1.54) is 0 Å². The Morgan fingerprint density at radius 2 is 2.00 bits per heavy atom. The number of ether oxygens (including phenoxy) is 1. The first-order chi connectivity index (χ1) is 4.90. The summed E-state index contributed by atoms with van der Waals surface area (Å²) in [6, 6.07) is 0. The normalized spacial score (nSPS) is 11.8. The van der Waals surface area contributed by atoms with Crippen LogP contribution in [0.2, 0.25) is 0 Å². The van der Waals surface area contributed by atoms with Gasteiger partial charge in [0.2, 0.25) is 0 Å². The van der Waals surface area contributed by atoms with Gasteiger partial charge in [0.15, 0.2) is 0 Å². The first-order valence-electron chi connectivity index (χ1n) is 3.68. The van der Waals surface area contributed by atoms with Crippen molar-refractivity contribution >= 4 is 21.9 Å². The van der Waals surface area contributed by atoms with Crippen LogP contribution in [0.15, 0.2) is 0 Å². The summed E-state index contributed by atoms with van der Waals surface area (Å²) < 4.78 is 5.16. The van der Waals surface area contributed by atoms with Gasteiger partial charge < -0.3 is 4.74 Å². The number of hydrogen-bond donors (Lipinski definition) is 0. The number of rotatable bonds is 3. The van der Waals surface area contributed by atoms with Crippen LogP contribution < -0.4 is 0 Å². The molecule has 0 aromatic rings. The van der Waals surface area contributed by atoms with Gasteiger partial charge in [0.1, 0.15) is 10.9 Å². The molecular weight excluding hydrogens is 208 g/mol. The van der Waals surface area contributed by atoms with Gasteiger partial charge in [0.05, 0.1) is 0 Å². The van der Waals surface area contributed by atoms with Gasteiger partial charge in [-0.2, -0.15) is 0 Å². The molecule has 0 bridgehead atoms. The van der Waals surface area contributed by atoms with Gasteiger partial charge >= 0.3 is 5.97 Å². The molecule has 0 aliphatic heterocycles. The summed E-state index contributed by atoms with van der Waals surface area (Å²) in [5, 5.41) is 0.267. The van der Waals surface area contributed by atoms with E-state index in [1.807, 2.05) is 27.7 Å². The van der Waals surface area contributed by atoms with E-state index in [1.54, 1.807) is 0 Å². The van der Waals surface area contributed by atoms with Crippen LogP contribution in [-0.4, -0.2) is 16.9 Å². The summed E-state index contributed by atoms with van der Waals surface area (Å²) in [6.07, 6.45) is 0. The molecule has 0 N–H and O–H groups in total. The predicted molar refractivity (Wildman–Crippen MR) is 48.8 cm³/mol. The third-order valence-electron chi connectivity index (χ3n) is 1.88. The molecule has 0 aromatic heterocycles. The van der Waals surface area contributed by atoms with Gasteiger partial charge in [-0.3, -0.25) is 4.79 Å². The maximum atomic E-state index is 10.9. The molecule has 0 saturated heterocycles. The highest BCUT2D eigenvalue weighted by atomic mass is 79.9. The van der Waals surface area contributed by atoms with Crippen LogP contribution in [0.1, 0.15) is 27.7 Å². The first kappa shape index (κ1) is 11.0. The second-order valence-corrected chi connectivity index (χ2v) is 3.93. The van der Waals surface area contributed by atoms with E-state index in [-0.39, 0.29) is 16.9 Å². The van der Waals surface area contributed by atoms with Gasteiger partial charge in [0, 0.05) is 0 Å². The van der Waals surface area contributed by atoms with Gasteiger partial charge in [-0.05, 0) is 19.8 Å². The van der Waals surface area contributed by atoms with Crippen molar-refractivity contribution < 1.29 is 9.53 Å². The molecular formula is C8H15BrO2. The molecule has 0 unspecified atom stereocenters. The van der Waals surface area contributed by atoms with Crippen LogP contribution in [0, 0.1) is 5.92 Å². The second kappa shape index (κ2) is 4.10. The Morgan fingerprint density at radius 3 is 2.27 bits per heavy atom. The van der Waals surface area contributed by atoms with Crippen LogP contribution in [0.5, 0.6) is 0 Å². The summed E-state index contributed by atoms with van der Waals surface area (Å²) in [5.41, 5.74) is -0.356. The zero-order chi connectivity index (χ0) is 9.07. The Kier molecular flexibility index (Phi) is 4.08. The third-order valence-corrected chi connectivity index (χ3v) is 2.33. The minimum atomic E-state index is -0.356. The maximum Gasteiger partial charge on any atom is 0.317 e. The minimum absolute atomic E-state index is 0.205. The molecule has 3 heteroatoms. The molecule has 0 fully saturated rings. The Labute approximate surface area is 76.4 Å². The van der Waals surface area contributed by atoms with E-state index in [0.29, 0.717) is 5.92 Å². The fourth-order valence-electron chi connectivity index (χ4n) is 0.439. The zero-order valence-corrected chi connectivity index (χ0v) is 9.06. The van der Waals surface area contributed by atoms with Crippen molar-refractivity contribution in [3.05, 3.63) is 0 Å². The van der Waals surface area contributed by atoms with E-state index < -0.39 is 0 Å². The van der Waals surface area contributed by atoms with E-state index in [2.05, 4.69) is 15.9 Å². The number of esters is 1. The molecule has 66 valence electrons. The molecule has 0 aromatic carbocycles. The monoisotopic (exact) mass is 222 g/mol. The molecule has 0 rings (SSSR count). The molecule has 0 amide bonds. The number of carbonyl (C=O) groups is 1. The Hall–Kier alpha value is -0.0500. The molecule has 0 atom stereocenters. The predicted octanol–water partition coefficient (Wildman–Crippen LogP) is 2.36. The van der Waals surface area contributed by atoms with Crippen LogP contribution >= 0.6 is 15.9 Å². The van der Waals surface area contributed by atoms with Crippen LogP contribution in [0.25, 0.3) is 0 Å². The molecule has 2 nitrogen and oxygen atoms in total. The van der Waals surface area contributed by atoms with Crippen molar-refractivity contribution in [2.45, 2.75) is 33.3 Å². The summed E-state index contributed by atoms with van der Waals surface area (Å²) in [5.74, 6) is 0.134. The van der Waals surface area contributed by atoms with E-state index >= 15 is 0 Å². The Morgan fingerprint density at radius 1 is 1.55 bits per heavy atom. The lowest BCUT2D eigenvalue weighted by molar-refractivity contribution is -0.156. The van der Waals surface area contributed by atoms with Crippen molar-refractivity contribution in [1.29, 1.82) is 0 Å². The topological polar surface area (TPSA) is 26.3 Å². The fourth-order valence-corrected chi connectivity index (χ4v) is 0.553. The maximum absolute atomic E-state index is 10.9. The smallest absolute Gasteiger partial charge is 0.317 e. The molecule has 0 spiro atoms. The standard InChI is InChI=1S/C8H15BrO2/c1-6(2)8(3,4)11-7(10)5-9/h6H,5H2,1-4H3. The highest BCUT2D eigenvalue weighted by molar-refractivity contribution is 9.09. The lowest BCUT2D eigenvalue weighted by Crippen LogP contribution is -2.34. The second-order valence-electron chi connectivity index (χ2n) is 3.37. The van der Waals surface area contributed by atoms with Crippen molar-refractivity contribution in [1.82, 2.24) is 0 Å². The van der Waals surface area contributed by atoms with Crippen molar-refractivity contribution in [3.8, 4) is 0 Å². The molecule has 0 aliphatic carbocycles. The summed E-state index contributed by atoms with van der Waals surface area (Å²) in [7, 11) is 0. The average Bonchev–Trinajstić information content (AvgIpc) is 1.86. The minimum Gasteiger partial charge on any atom is -0.459 e. The Balaban J connectivity index is 4.01. The van der Waals surface area contributed by atoms with Gasteiger partial charge in [-0.25, -0.2) is 0 Å². The van der Waals surface area contributed by atoms with Crippen molar-refractivity contribution in [2.24, 2.45) is 5.92 Å². The SMILES string of the molecule is CC(C)C(C)(C)OC(=O)CBr. The summed E-state index contributed by atoms with van der Waals surface area (Å²) >= 11 is 3.04. The number of hydrogen-bond acceptors (Lipinski definition) is 2. The van der Waals surface area contributed by atoms with Crippen LogP contribution in [0.4, 0.5) is 0 Å². The van der Waals surface area contributed by atoms with E-state index in [4.69, 9.17) is 4.74 Å². The van der Waals surface area contributed by atoms with Crippen molar-refractivity contribution in [2.75, 3.05) is 5.33 Å². The Bertz CT molecular complexity index is 141. The van der Waals surface area contributed by atoms with Gasteiger partial charge in [0.25, 0.3) is 0 Å². The quantitative estimate of drug-likeness (QED) is 0.542. The van der Waals surface area contributed by atoms with Gasteiger partial charge in [-0.1, -0.05) is 29.8 Å². The average molecular weight is 223 g/mol. The molecule has 0 heterocycles. The van der Waals surface area contributed by atoms with Gasteiger partial charge in [-0.15, -0.1) is 0 Å². The largest absolute Gasteiger partial charge is 0.459 e. The highest BCUT2D eigenvalue weighted by Gasteiger charge is 2.26. The van der Waals surface area contributed by atoms with Crippen molar-refractivity contribution in [3.63, 3.8) is 0 Å². The van der Waals surface area contributed by atoms with Crippen LogP contribution in [0.3, 0.4) is 0 Å². The van der Waals surface area contributed by atoms with E-state index in [0.717, 1.165) is 0 Å². The zero-order valence-electron chi connectivity index (χ0n) is 7.48. The van der Waals surface area contributed by atoms with Crippen LogP contribution in [-0.2, 0) is 9.53 Å².